The van der Waals surface area contributed by atoms with E-state index in [0.29, 0.717) is 0 Å². The van der Waals surface area contributed by atoms with E-state index in [-0.39, 0.29) is 12.3 Å². The number of hydrogen-bond acceptors (Lipinski definition) is 1. The van der Waals surface area contributed by atoms with E-state index in [4.69, 9.17) is 0 Å². The lowest BCUT2D eigenvalue weighted by atomic mass is 9.94. The fourth-order valence-corrected chi connectivity index (χ4v) is 11.8. The van der Waals surface area contributed by atoms with Gasteiger partial charge in [-0.3, -0.25) is 9.88 Å². The zero-order valence-corrected chi connectivity index (χ0v) is 34.1. The molecule has 1 aliphatic rings. The molecule has 4 aromatic heterocycles. The molecular weight excluding hydrogens is 767 g/mol. The summed E-state index contributed by atoms with van der Waals surface area (Å²) in [5.41, 5.74) is 13.6. The average Bonchev–Trinajstić information content (AvgIpc) is 4.08. The van der Waals surface area contributed by atoms with Crippen LogP contribution in [0.1, 0.15) is 23.5 Å². The summed E-state index contributed by atoms with van der Waals surface area (Å²) in [6.45, 7) is 0. The van der Waals surface area contributed by atoms with Gasteiger partial charge in [0.1, 0.15) is 6.04 Å². The van der Waals surface area contributed by atoms with Gasteiger partial charge in [0.25, 0.3) is 0 Å². The molecule has 1 aliphatic heterocycles. The van der Waals surface area contributed by atoms with Gasteiger partial charge in [-0.05, 0) is 76.1 Å². The van der Waals surface area contributed by atoms with E-state index in [1.165, 1.54) is 120 Å². The zero-order chi connectivity index (χ0) is 40.9. The molecule has 0 saturated heterocycles. The van der Waals surface area contributed by atoms with Crippen molar-refractivity contribution in [3.8, 4) is 5.69 Å². The second kappa shape index (κ2) is 12.3. The molecule has 5 heterocycles. The molecule has 0 saturated carbocycles. The molecule has 63 heavy (non-hydrogen) atoms. The molecular formula is C58H38N5+. The van der Waals surface area contributed by atoms with Crippen LogP contribution in [0.4, 0.5) is 5.69 Å². The van der Waals surface area contributed by atoms with Gasteiger partial charge in [0.05, 0.1) is 38.6 Å². The van der Waals surface area contributed by atoms with Crippen molar-refractivity contribution in [3.05, 3.63) is 211 Å². The summed E-state index contributed by atoms with van der Waals surface area (Å²) in [5.74, 6) is 0. The highest BCUT2D eigenvalue weighted by molar-refractivity contribution is 6.38. The lowest BCUT2D eigenvalue weighted by Crippen LogP contribution is -2.90. The third-order valence-electron chi connectivity index (χ3n) is 14.3. The maximum absolute atomic E-state index is 4.11. The van der Waals surface area contributed by atoms with Crippen molar-refractivity contribution in [2.24, 2.45) is 0 Å². The van der Waals surface area contributed by atoms with Crippen molar-refractivity contribution < 1.29 is 5.32 Å². The van der Waals surface area contributed by atoms with Crippen molar-refractivity contribution in [1.29, 1.82) is 0 Å². The van der Waals surface area contributed by atoms with Gasteiger partial charge in [-0.15, -0.1) is 0 Å². The fraction of sp³-hybridized carbons (Fsp3) is 0.0345. The highest BCUT2D eigenvalue weighted by atomic mass is 15.3. The number of anilines is 1. The number of rotatable bonds is 3. The first-order valence-corrected chi connectivity index (χ1v) is 22.0. The molecule has 3 N–H and O–H groups in total. The van der Waals surface area contributed by atoms with Crippen LogP contribution in [0.5, 0.6) is 0 Å². The number of nitrogens with zero attached hydrogens (tertiary/aromatic N) is 3. The Bertz CT molecular complexity index is 4230. The summed E-state index contributed by atoms with van der Waals surface area (Å²) in [7, 11) is 0. The van der Waals surface area contributed by atoms with E-state index in [1.807, 2.05) is 0 Å². The molecule has 0 aliphatic carbocycles. The maximum Gasteiger partial charge on any atom is 0.245 e. The van der Waals surface area contributed by atoms with Gasteiger partial charge in [0.2, 0.25) is 6.29 Å². The largest absolute Gasteiger partial charge is 0.317 e. The van der Waals surface area contributed by atoms with E-state index in [1.54, 1.807) is 0 Å². The number of nitrogens with one attached hydrogen (secondary N) is 1. The molecule has 2 atom stereocenters. The molecule has 0 bridgehead atoms. The van der Waals surface area contributed by atoms with Crippen LogP contribution >= 0.6 is 0 Å². The molecule has 5 heteroatoms. The summed E-state index contributed by atoms with van der Waals surface area (Å²) < 4.78 is 7.64. The van der Waals surface area contributed by atoms with Crippen LogP contribution < -0.4 is 10.6 Å². The number of fused-ring (bicyclic) bond motifs is 18. The molecule has 15 rings (SSSR count). The van der Waals surface area contributed by atoms with Crippen molar-refractivity contribution in [2.75, 3.05) is 5.32 Å². The van der Waals surface area contributed by atoms with Crippen LogP contribution in [0.3, 0.4) is 0 Å². The quantitative estimate of drug-likeness (QED) is 0.184. The number of benzene rings is 10. The second-order valence-electron chi connectivity index (χ2n) is 17.4. The molecule has 0 fully saturated rings. The smallest absolute Gasteiger partial charge is 0.245 e. The lowest BCUT2D eigenvalue weighted by molar-refractivity contribution is -0.735. The fourth-order valence-electron chi connectivity index (χ4n) is 11.8. The summed E-state index contributed by atoms with van der Waals surface area (Å²) in [6, 6.07) is 74.4. The molecule has 14 aromatic rings. The second-order valence-corrected chi connectivity index (χ2v) is 17.4. The number of para-hydroxylation sites is 5. The lowest BCUT2D eigenvalue weighted by Gasteiger charge is -2.33. The van der Waals surface area contributed by atoms with Crippen molar-refractivity contribution in [2.45, 2.75) is 12.3 Å². The van der Waals surface area contributed by atoms with Crippen LogP contribution in [0, 0.1) is 0 Å². The summed E-state index contributed by atoms with van der Waals surface area (Å²) in [4.78, 5) is 0. The van der Waals surface area contributed by atoms with Crippen molar-refractivity contribution in [1.82, 2.24) is 13.5 Å². The van der Waals surface area contributed by atoms with Gasteiger partial charge in [-0.2, -0.15) is 0 Å². The molecule has 10 aromatic carbocycles. The molecule has 5 nitrogen and oxygen atoms in total. The molecule has 0 spiro atoms. The normalized spacial score (nSPS) is 15.7. The molecule has 294 valence electrons. The van der Waals surface area contributed by atoms with Crippen LogP contribution in [0.25, 0.3) is 109 Å². The third kappa shape index (κ3) is 4.38. The van der Waals surface area contributed by atoms with Gasteiger partial charge in [-0.1, -0.05) is 146 Å². The predicted octanol–water partition coefficient (Wildman–Crippen LogP) is 13.6. The zero-order valence-electron chi connectivity index (χ0n) is 34.1. The Hall–Kier alpha value is -8.12. The van der Waals surface area contributed by atoms with E-state index in [0.717, 1.165) is 5.69 Å². The minimum absolute atomic E-state index is 0.0306. The molecule has 0 amide bonds. The number of nitrogens with two attached hydrogens (primary N) is 1. The van der Waals surface area contributed by atoms with E-state index >= 15 is 0 Å². The van der Waals surface area contributed by atoms with Crippen molar-refractivity contribution >= 4 is 109 Å². The van der Waals surface area contributed by atoms with Gasteiger partial charge in [0.15, 0.2) is 0 Å². The Morgan fingerprint density at radius 1 is 0.397 bits per heavy atom. The molecule has 0 radical (unpaired) electrons. The van der Waals surface area contributed by atoms with E-state index in [2.05, 4.69) is 224 Å². The van der Waals surface area contributed by atoms with Gasteiger partial charge in [0, 0.05) is 65.6 Å². The minimum Gasteiger partial charge on any atom is -0.317 e. The summed E-state index contributed by atoms with van der Waals surface area (Å²) in [6.07, 6.45) is -0.166. The number of aromatic nitrogens is 3. The summed E-state index contributed by atoms with van der Waals surface area (Å²) in [5, 5.41) is 22.1. The van der Waals surface area contributed by atoms with Crippen LogP contribution in [-0.4, -0.2) is 13.5 Å². The Labute approximate surface area is 360 Å². The Morgan fingerprint density at radius 2 is 1.02 bits per heavy atom. The summed E-state index contributed by atoms with van der Waals surface area (Å²) >= 11 is 0. The SMILES string of the molecule is c1ccc(-n2c3ccccc3c3cc(C4[NH2+]C(n5c6ccccc6c6c7ccccc7c7c8cccc9c%10cc%11ccccc%11cc%10n(c98)c7c65)Nc5ccccc54)ccc32)cc1. The minimum atomic E-state index is -0.166. The number of hydrogen-bond donors (Lipinski definition) is 2. The Kier molecular flexibility index (Phi) is 6.53. The van der Waals surface area contributed by atoms with Gasteiger partial charge < -0.3 is 14.3 Å². The monoisotopic (exact) mass is 804 g/mol. The number of quaternary nitrogens is 1. The van der Waals surface area contributed by atoms with Crippen LogP contribution in [-0.2, 0) is 0 Å². The van der Waals surface area contributed by atoms with E-state index in [9.17, 15) is 0 Å². The van der Waals surface area contributed by atoms with Gasteiger partial charge >= 0.3 is 0 Å². The Balaban J connectivity index is 1.04. The van der Waals surface area contributed by atoms with Gasteiger partial charge in [-0.25, -0.2) is 0 Å². The highest BCUT2D eigenvalue weighted by Crippen LogP contribution is 2.49. The first-order chi connectivity index (χ1) is 31.3. The maximum atomic E-state index is 4.11. The molecule has 2 unspecified atom stereocenters. The average molecular weight is 805 g/mol. The predicted molar refractivity (Wildman–Crippen MR) is 263 cm³/mol. The highest BCUT2D eigenvalue weighted by Gasteiger charge is 2.35. The Morgan fingerprint density at radius 3 is 1.86 bits per heavy atom. The standard InChI is InChI=1S/C58H37N5/c1-2-17-37(18-3-1)61-48-27-12-9-19-38(48)45-32-36(29-30-50(45)61)54-42-22-8-11-26-47(42)59-58(60-54)63-49-28-13-10-23-43(49)52-39-20-6-7-21-40(39)53-44-25-14-24-41-46-31-34-15-4-5-16-35(34)33-51(46)62(55(41)44)56(53)57(52)63/h1-33,54,58-60H/p+1. The van der Waals surface area contributed by atoms with Crippen molar-refractivity contribution in [3.63, 3.8) is 0 Å². The first kappa shape index (κ1) is 33.6. The van der Waals surface area contributed by atoms with E-state index < -0.39 is 0 Å². The first-order valence-electron chi connectivity index (χ1n) is 22.0. The van der Waals surface area contributed by atoms with Crippen LogP contribution in [0.2, 0.25) is 0 Å². The topological polar surface area (TPSA) is 42.9 Å². The third-order valence-corrected chi connectivity index (χ3v) is 14.3. The van der Waals surface area contributed by atoms with Crippen LogP contribution in [0.15, 0.2) is 200 Å².